The van der Waals surface area contributed by atoms with Gasteiger partial charge in [-0.05, 0) is 32.8 Å². The molecule has 0 aromatic carbocycles. The van der Waals surface area contributed by atoms with Crippen LogP contribution in [0.15, 0.2) is 29.1 Å². The van der Waals surface area contributed by atoms with Crippen molar-refractivity contribution in [2.24, 2.45) is 0 Å². The molecule has 0 aliphatic carbocycles. The van der Waals surface area contributed by atoms with Gasteiger partial charge in [-0.2, -0.15) is 5.10 Å². The molecular formula is C15H21N3O2. The van der Waals surface area contributed by atoms with Crippen molar-refractivity contribution in [2.45, 2.75) is 46.1 Å². The van der Waals surface area contributed by atoms with Gasteiger partial charge in [-0.25, -0.2) is 0 Å². The van der Waals surface area contributed by atoms with Crippen LogP contribution in [0.3, 0.4) is 0 Å². The van der Waals surface area contributed by atoms with Gasteiger partial charge in [0, 0.05) is 11.8 Å². The summed E-state index contributed by atoms with van der Waals surface area (Å²) in [5.74, 6) is 0.363. The van der Waals surface area contributed by atoms with Crippen LogP contribution < -0.4 is 5.32 Å². The lowest BCUT2D eigenvalue weighted by Crippen LogP contribution is -2.22. The summed E-state index contributed by atoms with van der Waals surface area (Å²) in [4.78, 5) is 12.2. The molecule has 0 bridgehead atoms. The summed E-state index contributed by atoms with van der Waals surface area (Å²) in [7, 11) is 0. The Labute approximate surface area is 119 Å². The highest BCUT2D eigenvalue weighted by Crippen LogP contribution is 2.22. The van der Waals surface area contributed by atoms with Gasteiger partial charge in [0.05, 0.1) is 23.7 Å². The molecule has 2 aromatic heterocycles. The second kappa shape index (κ2) is 5.15. The third-order valence-electron chi connectivity index (χ3n) is 3.05. The molecule has 2 aromatic rings. The molecular weight excluding hydrogens is 254 g/mol. The van der Waals surface area contributed by atoms with E-state index in [-0.39, 0.29) is 17.4 Å². The summed E-state index contributed by atoms with van der Waals surface area (Å²) in [6.07, 6.45) is 5.00. The molecule has 20 heavy (non-hydrogen) atoms. The largest absolute Gasteiger partial charge is 0.459 e. The third-order valence-corrected chi connectivity index (χ3v) is 3.05. The Hall–Kier alpha value is -2.04. The Morgan fingerprint density at radius 2 is 2.10 bits per heavy atom. The van der Waals surface area contributed by atoms with E-state index in [0.717, 1.165) is 5.56 Å². The van der Waals surface area contributed by atoms with Crippen LogP contribution in [0.25, 0.3) is 0 Å². The molecule has 1 amide bonds. The number of hydrogen-bond acceptors (Lipinski definition) is 3. The van der Waals surface area contributed by atoms with E-state index in [1.165, 1.54) is 0 Å². The first kappa shape index (κ1) is 14.4. The van der Waals surface area contributed by atoms with Crippen LogP contribution in [0, 0.1) is 0 Å². The number of carbonyl (C=O) groups excluding carboxylic acids is 1. The zero-order chi connectivity index (χ0) is 14.9. The van der Waals surface area contributed by atoms with Crippen LogP contribution in [-0.2, 0) is 5.54 Å². The molecule has 0 unspecified atom stereocenters. The first-order valence-electron chi connectivity index (χ1n) is 6.73. The lowest BCUT2D eigenvalue weighted by atomic mass is 10.0. The van der Waals surface area contributed by atoms with Gasteiger partial charge in [0.15, 0.2) is 5.76 Å². The zero-order valence-corrected chi connectivity index (χ0v) is 12.6. The van der Waals surface area contributed by atoms with E-state index < -0.39 is 0 Å². The third kappa shape index (κ3) is 2.92. The summed E-state index contributed by atoms with van der Waals surface area (Å²) in [6, 6.07) is 1.83. The molecule has 1 N–H and O–H groups in total. The highest BCUT2D eigenvalue weighted by Gasteiger charge is 2.19. The van der Waals surface area contributed by atoms with Gasteiger partial charge < -0.3 is 9.73 Å². The molecule has 108 valence electrons. The number of hydrogen-bond donors (Lipinski definition) is 1. The van der Waals surface area contributed by atoms with Crippen LogP contribution >= 0.6 is 0 Å². The fourth-order valence-corrected chi connectivity index (χ4v) is 1.90. The number of carbonyl (C=O) groups is 1. The minimum Gasteiger partial charge on any atom is -0.459 e. The smallest absolute Gasteiger partial charge is 0.291 e. The van der Waals surface area contributed by atoms with Gasteiger partial charge >= 0.3 is 0 Å². The number of aromatic nitrogens is 2. The SMILES string of the molecule is CC(C)c1ccoc1C(=O)Nc1cnn(C(C)(C)C)c1. The fourth-order valence-electron chi connectivity index (χ4n) is 1.90. The first-order valence-corrected chi connectivity index (χ1v) is 6.73. The number of amides is 1. The van der Waals surface area contributed by atoms with Crippen LogP contribution in [0.2, 0.25) is 0 Å². The maximum Gasteiger partial charge on any atom is 0.291 e. The van der Waals surface area contributed by atoms with Crippen molar-refractivity contribution in [3.63, 3.8) is 0 Å². The zero-order valence-electron chi connectivity index (χ0n) is 12.6. The van der Waals surface area contributed by atoms with Crippen molar-refractivity contribution < 1.29 is 9.21 Å². The molecule has 2 heterocycles. The molecule has 0 radical (unpaired) electrons. The Bertz CT molecular complexity index is 603. The maximum atomic E-state index is 12.2. The van der Waals surface area contributed by atoms with Gasteiger partial charge in [0.1, 0.15) is 0 Å². The second-order valence-electron chi connectivity index (χ2n) is 6.16. The first-order chi connectivity index (χ1) is 9.29. The second-order valence-corrected chi connectivity index (χ2v) is 6.16. The highest BCUT2D eigenvalue weighted by atomic mass is 16.3. The predicted octanol–water partition coefficient (Wildman–Crippen LogP) is 3.61. The van der Waals surface area contributed by atoms with E-state index in [2.05, 4.69) is 31.2 Å². The molecule has 0 aliphatic heterocycles. The molecule has 0 aliphatic rings. The topological polar surface area (TPSA) is 60.1 Å². The number of rotatable bonds is 3. The van der Waals surface area contributed by atoms with Gasteiger partial charge in [-0.1, -0.05) is 13.8 Å². The highest BCUT2D eigenvalue weighted by molar-refractivity contribution is 6.03. The molecule has 0 spiro atoms. The molecule has 0 saturated heterocycles. The van der Waals surface area contributed by atoms with Crippen molar-refractivity contribution in [3.05, 3.63) is 36.0 Å². The quantitative estimate of drug-likeness (QED) is 0.930. The average molecular weight is 275 g/mol. The lowest BCUT2D eigenvalue weighted by molar-refractivity contribution is 0.0995. The number of furan rings is 1. The van der Waals surface area contributed by atoms with E-state index >= 15 is 0 Å². The summed E-state index contributed by atoms with van der Waals surface area (Å²) in [6.45, 7) is 10.2. The van der Waals surface area contributed by atoms with Crippen molar-refractivity contribution >= 4 is 11.6 Å². The van der Waals surface area contributed by atoms with Gasteiger partial charge in [-0.3, -0.25) is 9.48 Å². The van der Waals surface area contributed by atoms with Crippen LogP contribution in [0.5, 0.6) is 0 Å². The van der Waals surface area contributed by atoms with Crippen molar-refractivity contribution in [2.75, 3.05) is 5.32 Å². The predicted molar refractivity (Wildman–Crippen MR) is 78.0 cm³/mol. The minimum atomic E-state index is -0.243. The average Bonchev–Trinajstić information content (AvgIpc) is 2.95. The van der Waals surface area contributed by atoms with E-state index in [9.17, 15) is 4.79 Å². The normalized spacial score (nSPS) is 11.9. The summed E-state index contributed by atoms with van der Waals surface area (Å²) in [5, 5.41) is 7.07. The van der Waals surface area contributed by atoms with Crippen molar-refractivity contribution in [3.8, 4) is 0 Å². The van der Waals surface area contributed by atoms with Crippen LogP contribution in [-0.4, -0.2) is 15.7 Å². The number of anilines is 1. The van der Waals surface area contributed by atoms with Crippen LogP contribution in [0.4, 0.5) is 5.69 Å². The van der Waals surface area contributed by atoms with E-state index in [4.69, 9.17) is 4.42 Å². The molecule has 5 heteroatoms. The lowest BCUT2D eigenvalue weighted by Gasteiger charge is -2.18. The Morgan fingerprint density at radius 3 is 2.65 bits per heavy atom. The molecule has 2 rings (SSSR count). The summed E-state index contributed by atoms with van der Waals surface area (Å²) in [5.41, 5.74) is 1.46. The Kier molecular flexibility index (Phi) is 3.70. The Morgan fingerprint density at radius 1 is 1.40 bits per heavy atom. The van der Waals surface area contributed by atoms with Gasteiger partial charge in [-0.15, -0.1) is 0 Å². The number of nitrogens with zero attached hydrogens (tertiary/aromatic N) is 2. The van der Waals surface area contributed by atoms with Gasteiger partial charge in [0.25, 0.3) is 5.91 Å². The van der Waals surface area contributed by atoms with Crippen molar-refractivity contribution in [1.82, 2.24) is 9.78 Å². The molecule has 0 fully saturated rings. The Balaban J connectivity index is 2.16. The minimum absolute atomic E-state index is 0.114. The summed E-state index contributed by atoms with van der Waals surface area (Å²) < 4.78 is 7.11. The van der Waals surface area contributed by atoms with E-state index in [0.29, 0.717) is 11.4 Å². The number of nitrogens with one attached hydrogen (secondary N) is 1. The summed E-state index contributed by atoms with van der Waals surface area (Å²) >= 11 is 0. The fraction of sp³-hybridized carbons (Fsp3) is 0.467. The molecule has 0 saturated carbocycles. The van der Waals surface area contributed by atoms with E-state index in [1.54, 1.807) is 12.5 Å². The van der Waals surface area contributed by atoms with Crippen LogP contribution in [0.1, 0.15) is 56.7 Å². The van der Waals surface area contributed by atoms with Gasteiger partial charge in [0.2, 0.25) is 0 Å². The standard InChI is InChI=1S/C15H21N3O2/c1-10(2)12-6-7-20-13(12)14(19)17-11-8-16-18(9-11)15(3,4)5/h6-10H,1-5H3,(H,17,19). The monoisotopic (exact) mass is 275 g/mol. The molecule has 0 atom stereocenters. The van der Waals surface area contributed by atoms with E-state index in [1.807, 2.05) is 30.8 Å². The maximum absolute atomic E-state index is 12.2. The van der Waals surface area contributed by atoms with Crippen molar-refractivity contribution in [1.29, 1.82) is 0 Å². The molecule has 5 nitrogen and oxygen atoms in total.